The van der Waals surface area contributed by atoms with Gasteiger partial charge in [0.05, 0.1) is 6.54 Å². The smallest absolute Gasteiger partial charge is 0.236 e. The monoisotopic (exact) mass is 261 g/mol. The zero-order valence-electron chi connectivity index (χ0n) is 11.6. The highest BCUT2D eigenvalue weighted by molar-refractivity contribution is 5.78. The molecule has 1 aromatic carbocycles. The number of amides is 1. The van der Waals surface area contributed by atoms with E-state index in [-0.39, 0.29) is 5.91 Å². The van der Waals surface area contributed by atoms with E-state index in [0.717, 1.165) is 39.1 Å². The van der Waals surface area contributed by atoms with Crippen molar-refractivity contribution < 1.29 is 4.79 Å². The van der Waals surface area contributed by atoms with Gasteiger partial charge in [-0.1, -0.05) is 30.3 Å². The van der Waals surface area contributed by atoms with Gasteiger partial charge in [-0.25, -0.2) is 0 Å². The van der Waals surface area contributed by atoms with Crippen molar-refractivity contribution in [2.24, 2.45) is 0 Å². The van der Waals surface area contributed by atoms with Crippen LogP contribution in [0.2, 0.25) is 0 Å². The summed E-state index contributed by atoms with van der Waals surface area (Å²) in [7, 11) is 2.00. The summed E-state index contributed by atoms with van der Waals surface area (Å²) in [6.45, 7) is 4.95. The van der Waals surface area contributed by atoms with Crippen molar-refractivity contribution in [3.05, 3.63) is 35.9 Å². The van der Waals surface area contributed by atoms with E-state index in [1.807, 2.05) is 30.1 Å². The van der Waals surface area contributed by atoms with Crippen molar-refractivity contribution in [2.45, 2.75) is 13.0 Å². The Morgan fingerprint density at radius 2 is 2.05 bits per heavy atom. The first kappa shape index (κ1) is 14.0. The summed E-state index contributed by atoms with van der Waals surface area (Å²) in [5, 5.41) is 3.32. The molecular weight excluding hydrogens is 238 g/mol. The maximum atomic E-state index is 12.2. The molecule has 0 atom stereocenters. The molecule has 1 amide bonds. The third-order valence-electron chi connectivity index (χ3n) is 3.39. The first-order chi connectivity index (χ1) is 9.25. The van der Waals surface area contributed by atoms with E-state index in [0.29, 0.717) is 6.54 Å². The second-order valence-electron chi connectivity index (χ2n) is 5.14. The zero-order valence-corrected chi connectivity index (χ0v) is 11.6. The molecule has 104 valence electrons. The van der Waals surface area contributed by atoms with E-state index in [4.69, 9.17) is 0 Å². The first-order valence-corrected chi connectivity index (χ1v) is 6.96. The zero-order chi connectivity index (χ0) is 13.5. The molecule has 0 saturated carbocycles. The third kappa shape index (κ3) is 4.65. The van der Waals surface area contributed by atoms with E-state index >= 15 is 0 Å². The van der Waals surface area contributed by atoms with Crippen LogP contribution in [0.25, 0.3) is 0 Å². The Labute approximate surface area is 115 Å². The molecule has 0 bridgehead atoms. The average molecular weight is 261 g/mol. The Kier molecular flexibility index (Phi) is 5.36. The Morgan fingerprint density at radius 1 is 1.26 bits per heavy atom. The normalized spacial score (nSPS) is 16.4. The molecule has 19 heavy (non-hydrogen) atoms. The Bertz CT molecular complexity index is 386. The van der Waals surface area contributed by atoms with Gasteiger partial charge >= 0.3 is 0 Å². The Morgan fingerprint density at radius 3 is 2.84 bits per heavy atom. The lowest BCUT2D eigenvalue weighted by Crippen LogP contribution is -2.40. The second-order valence-corrected chi connectivity index (χ2v) is 5.14. The van der Waals surface area contributed by atoms with E-state index in [1.165, 1.54) is 5.56 Å². The molecule has 0 radical (unpaired) electrons. The van der Waals surface area contributed by atoms with Gasteiger partial charge in [0.15, 0.2) is 0 Å². The van der Waals surface area contributed by atoms with Crippen molar-refractivity contribution in [1.82, 2.24) is 15.1 Å². The SMILES string of the molecule is CN(CC(=O)N1CCCNCC1)Cc1ccccc1. The van der Waals surface area contributed by atoms with Gasteiger partial charge in [0.1, 0.15) is 0 Å². The van der Waals surface area contributed by atoms with Crippen LogP contribution in [0.3, 0.4) is 0 Å². The van der Waals surface area contributed by atoms with Crippen LogP contribution in [0.1, 0.15) is 12.0 Å². The fourth-order valence-corrected chi connectivity index (χ4v) is 2.38. The number of carbonyl (C=O) groups is 1. The van der Waals surface area contributed by atoms with Crippen LogP contribution in [0, 0.1) is 0 Å². The van der Waals surface area contributed by atoms with E-state index < -0.39 is 0 Å². The van der Waals surface area contributed by atoms with E-state index in [1.54, 1.807) is 0 Å². The second kappa shape index (κ2) is 7.26. The molecule has 0 unspecified atom stereocenters. The Balaban J connectivity index is 1.80. The molecule has 1 fully saturated rings. The minimum atomic E-state index is 0.238. The number of nitrogens with one attached hydrogen (secondary N) is 1. The summed E-state index contributed by atoms with van der Waals surface area (Å²) in [4.78, 5) is 16.3. The highest BCUT2D eigenvalue weighted by atomic mass is 16.2. The molecule has 1 saturated heterocycles. The largest absolute Gasteiger partial charge is 0.340 e. The molecule has 1 aliphatic rings. The molecule has 0 aromatic heterocycles. The highest BCUT2D eigenvalue weighted by Crippen LogP contribution is 2.04. The molecule has 2 rings (SSSR count). The van der Waals surface area contributed by atoms with Crippen LogP contribution in [0.15, 0.2) is 30.3 Å². The summed E-state index contributed by atoms with van der Waals surface area (Å²) >= 11 is 0. The number of hydrogen-bond donors (Lipinski definition) is 1. The predicted molar refractivity (Wildman–Crippen MR) is 76.8 cm³/mol. The van der Waals surface area contributed by atoms with Crippen LogP contribution in [-0.2, 0) is 11.3 Å². The van der Waals surface area contributed by atoms with Gasteiger partial charge in [-0.3, -0.25) is 9.69 Å². The Hall–Kier alpha value is -1.39. The molecule has 1 aromatic rings. The molecule has 1 aliphatic heterocycles. The van der Waals surface area contributed by atoms with Crippen molar-refractivity contribution in [2.75, 3.05) is 39.8 Å². The van der Waals surface area contributed by atoms with Gasteiger partial charge in [0.25, 0.3) is 0 Å². The average Bonchev–Trinajstić information content (AvgIpc) is 2.68. The third-order valence-corrected chi connectivity index (χ3v) is 3.39. The molecule has 1 N–H and O–H groups in total. The standard InChI is InChI=1S/C15H23N3O/c1-17(12-14-6-3-2-4-7-14)13-15(19)18-10-5-8-16-9-11-18/h2-4,6-7,16H,5,8-13H2,1H3. The van der Waals surface area contributed by atoms with Crippen molar-refractivity contribution in [3.63, 3.8) is 0 Å². The van der Waals surface area contributed by atoms with Crippen LogP contribution >= 0.6 is 0 Å². The van der Waals surface area contributed by atoms with Gasteiger partial charge in [0.2, 0.25) is 5.91 Å². The van der Waals surface area contributed by atoms with Crippen LogP contribution < -0.4 is 5.32 Å². The topological polar surface area (TPSA) is 35.6 Å². The van der Waals surface area contributed by atoms with E-state index in [2.05, 4.69) is 22.3 Å². The number of carbonyl (C=O) groups excluding carboxylic acids is 1. The number of nitrogens with zero attached hydrogens (tertiary/aromatic N) is 2. The lowest BCUT2D eigenvalue weighted by atomic mass is 10.2. The lowest BCUT2D eigenvalue weighted by Gasteiger charge is -2.23. The highest BCUT2D eigenvalue weighted by Gasteiger charge is 2.16. The van der Waals surface area contributed by atoms with Crippen LogP contribution in [0.5, 0.6) is 0 Å². The number of rotatable bonds is 4. The molecule has 4 heteroatoms. The number of hydrogen-bond acceptors (Lipinski definition) is 3. The number of benzene rings is 1. The fourth-order valence-electron chi connectivity index (χ4n) is 2.38. The molecule has 4 nitrogen and oxygen atoms in total. The van der Waals surface area contributed by atoms with Crippen molar-refractivity contribution in [1.29, 1.82) is 0 Å². The van der Waals surface area contributed by atoms with Gasteiger partial charge in [-0.2, -0.15) is 0 Å². The van der Waals surface area contributed by atoms with Gasteiger partial charge in [-0.05, 0) is 25.6 Å². The minimum absolute atomic E-state index is 0.238. The van der Waals surface area contributed by atoms with E-state index in [9.17, 15) is 4.79 Å². The quantitative estimate of drug-likeness (QED) is 0.876. The first-order valence-electron chi connectivity index (χ1n) is 6.96. The summed E-state index contributed by atoms with van der Waals surface area (Å²) in [5.74, 6) is 0.238. The maximum absolute atomic E-state index is 12.2. The molecular formula is C15H23N3O. The van der Waals surface area contributed by atoms with Gasteiger partial charge in [0, 0.05) is 26.2 Å². The number of likely N-dealkylation sites (N-methyl/N-ethyl adjacent to an activating group) is 1. The maximum Gasteiger partial charge on any atom is 0.236 e. The van der Waals surface area contributed by atoms with Crippen LogP contribution in [0.4, 0.5) is 0 Å². The summed E-state index contributed by atoms with van der Waals surface area (Å²) < 4.78 is 0. The van der Waals surface area contributed by atoms with Crippen molar-refractivity contribution in [3.8, 4) is 0 Å². The summed E-state index contributed by atoms with van der Waals surface area (Å²) in [5.41, 5.74) is 1.25. The van der Waals surface area contributed by atoms with Gasteiger partial charge in [-0.15, -0.1) is 0 Å². The minimum Gasteiger partial charge on any atom is -0.340 e. The fraction of sp³-hybridized carbons (Fsp3) is 0.533. The molecule has 0 spiro atoms. The molecule has 1 heterocycles. The summed E-state index contributed by atoms with van der Waals surface area (Å²) in [6.07, 6.45) is 1.05. The van der Waals surface area contributed by atoms with Gasteiger partial charge < -0.3 is 10.2 Å². The van der Waals surface area contributed by atoms with Crippen LogP contribution in [-0.4, -0.2) is 55.5 Å². The molecule has 0 aliphatic carbocycles. The van der Waals surface area contributed by atoms with Crippen molar-refractivity contribution >= 4 is 5.91 Å². The lowest BCUT2D eigenvalue weighted by molar-refractivity contribution is -0.132. The predicted octanol–water partition coefficient (Wildman–Crippen LogP) is 0.940. The summed E-state index contributed by atoms with van der Waals surface area (Å²) in [6, 6.07) is 10.3.